The predicted molar refractivity (Wildman–Crippen MR) is 67.2 cm³/mol. The first-order valence-electron chi connectivity index (χ1n) is 6.56. The molecule has 0 bridgehead atoms. The van der Waals surface area contributed by atoms with Crippen LogP contribution in [-0.2, 0) is 0 Å². The molecular weight excluding hydrogens is 198 g/mol. The van der Waals surface area contributed by atoms with Gasteiger partial charge in [0, 0.05) is 18.7 Å². The van der Waals surface area contributed by atoms with E-state index in [0.29, 0.717) is 12.1 Å². The summed E-state index contributed by atoms with van der Waals surface area (Å²) < 4.78 is 0. The van der Waals surface area contributed by atoms with E-state index in [9.17, 15) is 0 Å². The van der Waals surface area contributed by atoms with Crippen LogP contribution in [0.25, 0.3) is 0 Å². The zero-order valence-electron chi connectivity index (χ0n) is 10.7. The molecule has 4 atom stereocenters. The molecule has 0 aromatic carbocycles. The summed E-state index contributed by atoms with van der Waals surface area (Å²) in [6, 6.07) is 1.08. The highest BCUT2D eigenvalue weighted by Crippen LogP contribution is 2.43. The van der Waals surface area contributed by atoms with Gasteiger partial charge in [0.25, 0.3) is 0 Å². The van der Waals surface area contributed by atoms with Crippen LogP contribution in [0.3, 0.4) is 0 Å². The van der Waals surface area contributed by atoms with Gasteiger partial charge >= 0.3 is 0 Å². The van der Waals surface area contributed by atoms with Crippen molar-refractivity contribution in [2.24, 2.45) is 17.3 Å². The third-order valence-corrected chi connectivity index (χ3v) is 4.24. The van der Waals surface area contributed by atoms with Crippen LogP contribution in [0.15, 0.2) is 12.2 Å². The van der Waals surface area contributed by atoms with E-state index in [-0.39, 0.29) is 12.0 Å². The van der Waals surface area contributed by atoms with Gasteiger partial charge in [0.2, 0.25) is 0 Å². The predicted octanol–water partition coefficient (Wildman–Crippen LogP) is 2.34. The van der Waals surface area contributed by atoms with E-state index in [1.807, 2.05) is 0 Å². The quantitative estimate of drug-likeness (QED) is 0.717. The Labute approximate surface area is 99.1 Å². The fourth-order valence-electron chi connectivity index (χ4n) is 3.06. The van der Waals surface area contributed by atoms with Crippen LogP contribution in [0.2, 0.25) is 0 Å². The molecule has 16 heavy (non-hydrogen) atoms. The van der Waals surface area contributed by atoms with Gasteiger partial charge in [0.1, 0.15) is 0 Å². The van der Waals surface area contributed by atoms with E-state index >= 15 is 0 Å². The smallest absolute Gasteiger partial charge is 0.0446 e. The summed E-state index contributed by atoms with van der Waals surface area (Å²) in [6.45, 7) is 7.04. The molecular formula is C14H25NO. The van der Waals surface area contributed by atoms with Gasteiger partial charge in [-0.1, -0.05) is 32.9 Å². The highest BCUT2D eigenvalue weighted by Gasteiger charge is 2.42. The first-order chi connectivity index (χ1) is 7.52. The van der Waals surface area contributed by atoms with Crippen molar-refractivity contribution < 1.29 is 5.11 Å². The second kappa shape index (κ2) is 4.50. The fraction of sp³-hybridized carbons (Fsp3) is 0.857. The summed E-state index contributed by atoms with van der Waals surface area (Å²) in [4.78, 5) is 0. The summed E-state index contributed by atoms with van der Waals surface area (Å²) in [7, 11) is 0. The Balaban J connectivity index is 1.89. The van der Waals surface area contributed by atoms with E-state index < -0.39 is 0 Å². The molecule has 0 aromatic rings. The Kier molecular flexibility index (Phi) is 3.41. The van der Waals surface area contributed by atoms with Crippen LogP contribution in [0, 0.1) is 17.3 Å². The molecule has 0 radical (unpaired) electrons. The third-order valence-electron chi connectivity index (χ3n) is 4.24. The monoisotopic (exact) mass is 223 g/mol. The van der Waals surface area contributed by atoms with Gasteiger partial charge in [-0.2, -0.15) is 0 Å². The van der Waals surface area contributed by atoms with E-state index in [2.05, 4.69) is 38.2 Å². The first-order valence-corrected chi connectivity index (χ1v) is 6.56. The number of rotatable bonds is 4. The molecule has 2 aliphatic carbocycles. The average molecular weight is 223 g/mol. The molecule has 2 nitrogen and oxygen atoms in total. The van der Waals surface area contributed by atoms with Gasteiger partial charge in [0.05, 0.1) is 0 Å². The molecule has 0 amide bonds. The van der Waals surface area contributed by atoms with E-state index in [1.54, 1.807) is 0 Å². The molecule has 0 aromatic heterocycles. The zero-order valence-corrected chi connectivity index (χ0v) is 10.7. The lowest BCUT2D eigenvalue weighted by Crippen LogP contribution is -2.55. The summed E-state index contributed by atoms with van der Waals surface area (Å²) in [5.41, 5.74) is 0.232. The Hall–Kier alpha value is -0.340. The maximum absolute atomic E-state index is 9.14. The SMILES string of the molecule is CC(C)(C)C(CCO)NC1CC2CC=CC21. The molecule has 0 heterocycles. The molecule has 0 spiro atoms. The van der Waals surface area contributed by atoms with Crippen LogP contribution < -0.4 is 5.32 Å². The number of nitrogens with one attached hydrogen (secondary N) is 1. The lowest BCUT2D eigenvalue weighted by atomic mass is 9.70. The lowest BCUT2D eigenvalue weighted by molar-refractivity contribution is 0.107. The van der Waals surface area contributed by atoms with Crippen molar-refractivity contribution in [3.8, 4) is 0 Å². The highest BCUT2D eigenvalue weighted by atomic mass is 16.3. The van der Waals surface area contributed by atoms with Gasteiger partial charge in [-0.05, 0) is 36.5 Å². The number of hydrogen-bond donors (Lipinski definition) is 2. The summed E-state index contributed by atoms with van der Waals surface area (Å²) in [6.07, 6.45) is 8.17. The molecule has 1 saturated carbocycles. The number of fused-ring (bicyclic) bond motifs is 1. The van der Waals surface area contributed by atoms with Crippen LogP contribution in [0.4, 0.5) is 0 Å². The summed E-state index contributed by atoms with van der Waals surface area (Å²) in [5.74, 6) is 1.68. The molecule has 1 fully saturated rings. The average Bonchev–Trinajstić information content (AvgIpc) is 2.52. The Morgan fingerprint density at radius 3 is 2.75 bits per heavy atom. The van der Waals surface area contributed by atoms with Crippen molar-refractivity contribution in [3.05, 3.63) is 12.2 Å². The van der Waals surface area contributed by atoms with Gasteiger partial charge in [-0.15, -0.1) is 0 Å². The van der Waals surface area contributed by atoms with Crippen molar-refractivity contribution >= 4 is 0 Å². The van der Waals surface area contributed by atoms with E-state index in [0.717, 1.165) is 18.3 Å². The van der Waals surface area contributed by atoms with Crippen molar-refractivity contribution in [2.45, 2.75) is 52.1 Å². The second-order valence-corrected chi connectivity index (χ2v) is 6.44. The minimum Gasteiger partial charge on any atom is -0.396 e. The van der Waals surface area contributed by atoms with Crippen LogP contribution in [0.5, 0.6) is 0 Å². The fourth-order valence-corrected chi connectivity index (χ4v) is 3.06. The van der Waals surface area contributed by atoms with Gasteiger partial charge in [0.15, 0.2) is 0 Å². The molecule has 2 rings (SSSR count). The molecule has 0 aliphatic heterocycles. The van der Waals surface area contributed by atoms with Crippen molar-refractivity contribution in [3.63, 3.8) is 0 Å². The molecule has 4 unspecified atom stereocenters. The number of hydrogen-bond acceptors (Lipinski definition) is 2. The third kappa shape index (κ3) is 2.33. The second-order valence-electron chi connectivity index (χ2n) is 6.44. The maximum Gasteiger partial charge on any atom is 0.0446 e. The maximum atomic E-state index is 9.14. The minimum absolute atomic E-state index is 0.232. The van der Waals surface area contributed by atoms with Crippen LogP contribution in [-0.4, -0.2) is 23.8 Å². The van der Waals surface area contributed by atoms with Crippen molar-refractivity contribution in [2.75, 3.05) is 6.61 Å². The van der Waals surface area contributed by atoms with Gasteiger partial charge < -0.3 is 10.4 Å². The normalized spacial score (nSPS) is 34.6. The first kappa shape index (κ1) is 12.1. The van der Waals surface area contributed by atoms with E-state index in [1.165, 1.54) is 12.8 Å². The van der Waals surface area contributed by atoms with Crippen LogP contribution in [0.1, 0.15) is 40.0 Å². The summed E-state index contributed by atoms with van der Waals surface area (Å²) in [5, 5.41) is 12.9. The molecule has 92 valence electrons. The molecule has 2 N–H and O–H groups in total. The number of aliphatic hydroxyl groups is 1. The van der Waals surface area contributed by atoms with E-state index in [4.69, 9.17) is 5.11 Å². The Morgan fingerprint density at radius 2 is 2.19 bits per heavy atom. The standard InChI is InChI=1S/C14H25NO/c1-14(2,3)13(7-8-16)15-12-9-10-5-4-6-11(10)12/h4,6,10-13,15-16H,5,7-9H2,1-3H3. The Morgan fingerprint density at radius 1 is 1.44 bits per heavy atom. The number of allylic oxidation sites excluding steroid dienone is 1. The topological polar surface area (TPSA) is 32.3 Å². The zero-order chi connectivity index (χ0) is 11.8. The lowest BCUT2D eigenvalue weighted by Gasteiger charge is -2.45. The minimum atomic E-state index is 0.232. The van der Waals surface area contributed by atoms with Gasteiger partial charge in [-0.3, -0.25) is 0 Å². The van der Waals surface area contributed by atoms with Crippen molar-refractivity contribution in [1.82, 2.24) is 5.32 Å². The van der Waals surface area contributed by atoms with Crippen LogP contribution >= 0.6 is 0 Å². The molecule has 0 saturated heterocycles. The molecule has 2 aliphatic rings. The van der Waals surface area contributed by atoms with Crippen molar-refractivity contribution in [1.29, 1.82) is 0 Å². The van der Waals surface area contributed by atoms with Gasteiger partial charge in [-0.25, -0.2) is 0 Å². The largest absolute Gasteiger partial charge is 0.396 e. The molecule has 2 heteroatoms. The Bertz CT molecular complexity index is 266. The summed E-state index contributed by atoms with van der Waals surface area (Å²) >= 11 is 0. The number of aliphatic hydroxyl groups excluding tert-OH is 1. The highest BCUT2D eigenvalue weighted by molar-refractivity contribution is 5.13.